The van der Waals surface area contributed by atoms with Crippen molar-refractivity contribution in [2.24, 2.45) is 0 Å². The lowest BCUT2D eigenvalue weighted by Crippen LogP contribution is -2.35. The van der Waals surface area contributed by atoms with Gasteiger partial charge in [-0.05, 0) is 36.1 Å². The van der Waals surface area contributed by atoms with E-state index in [2.05, 4.69) is 15.4 Å². The molecule has 3 N–H and O–H groups in total. The monoisotopic (exact) mass is 465 g/mol. The van der Waals surface area contributed by atoms with Crippen LogP contribution in [0.5, 0.6) is 11.5 Å². The fourth-order valence-electron chi connectivity index (χ4n) is 4.29. The van der Waals surface area contributed by atoms with Crippen molar-refractivity contribution in [3.63, 3.8) is 0 Å². The van der Waals surface area contributed by atoms with Crippen LogP contribution in [0.4, 0.5) is 0 Å². The average Bonchev–Trinajstić information content (AvgIpc) is 3.25. The Morgan fingerprint density at radius 2 is 1.82 bits per heavy atom. The molecular weight excluding hydrogens is 434 g/mol. The lowest BCUT2D eigenvalue weighted by atomic mass is 9.93. The van der Waals surface area contributed by atoms with Crippen molar-refractivity contribution in [2.75, 3.05) is 32.8 Å². The van der Waals surface area contributed by atoms with E-state index in [1.165, 1.54) is 6.07 Å². The van der Waals surface area contributed by atoms with E-state index in [-0.39, 0.29) is 34.8 Å². The maximum atomic E-state index is 12.8. The van der Waals surface area contributed by atoms with Crippen molar-refractivity contribution >= 4 is 5.91 Å². The van der Waals surface area contributed by atoms with Crippen molar-refractivity contribution in [1.29, 1.82) is 0 Å². The third kappa shape index (κ3) is 4.78. The number of carbonyl (C=O) groups is 1. The summed E-state index contributed by atoms with van der Waals surface area (Å²) in [7, 11) is 0. The summed E-state index contributed by atoms with van der Waals surface area (Å²) in [4.78, 5) is 15.1. The number of morpholine rings is 1. The molecule has 1 aromatic heterocycles. The topological polar surface area (TPSA) is 108 Å². The minimum Gasteiger partial charge on any atom is -0.508 e. The molecule has 0 aliphatic carbocycles. The molecule has 2 aromatic carbocycles. The quantitative estimate of drug-likeness (QED) is 0.482. The van der Waals surface area contributed by atoms with Crippen LogP contribution in [0.3, 0.4) is 0 Å². The number of rotatable bonds is 7. The van der Waals surface area contributed by atoms with E-state index in [4.69, 9.17) is 9.26 Å². The predicted octanol–water partition coefficient (Wildman–Crippen LogP) is 4.13. The van der Waals surface area contributed by atoms with Gasteiger partial charge in [0.25, 0.3) is 5.91 Å². The third-order valence-electron chi connectivity index (χ3n) is 6.01. The van der Waals surface area contributed by atoms with E-state index in [0.717, 1.165) is 44.0 Å². The van der Waals surface area contributed by atoms with Crippen LogP contribution in [0, 0.1) is 0 Å². The van der Waals surface area contributed by atoms with E-state index < -0.39 is 0 Å². The predicted molar refractivity (Wildman–Crippen MR) is 129 cm³/mol. The Hall–Kier alpha value is -3.36. The Morgan fingerprint density at radius 3 is 2.47 bits per heavy atom. The van der Waals surface area contributed by atoms with Crippen LogP contribution >= 0.6 is 0 Å². The van der Waals surface area contributed by atoms with E-state index >= 15 is 0 Å². The van der Waals surface area contributed by atoms with Gasteiger partial charge in [0, 0.05) is 31.7 Å². The Balaban J connectivity index is 1.76. The molecule has 1 amide bonds. The van der Waals surface area contributed by atoms with Gasteiger partial charge in [-0.15, -0.1) is 0 Å². The zero-order chi connectivity index (χ0) is 24.2. The number of phenolic OH excluding ortho intramolecular Hbond substituents is 2. The number of phenols is 2. The number of hydrogen-bond acceptors (Lipinski definition) is 7. The van der Waals surface area contributed by atoms with Crippen molar-refractivity contribution in [2.45, 2.75) is 33.2 Å². The molecule has 0 spiro atoms. The summed E-state index contributed by atoms with van der Waals surface area (Å²) < 4.78 is 11.1. The molecule has 1 fully saturated rings. The highest BCUT2D eigenvalue weighted by atomic mass is 16.5. The number of aromatic nitrogens is 1. The third-order valence-corrected chi connectivity index (χ3v) is 6.01. The molecule has 0 unspecified atom stereocenters. The van der Waals surface area contributed by atoms with Crippen molar-refractivity contribution in [3.05, 3.63) is 53.2 Å². The Bertz CT molecular complexity index is 1150. The average molecular weight is 466 g/mol. The van der Waals surface area contributed by atoms with Crippen LogP contribution < -0.4 is 5.32 Å². The lowest BCUT2D eigenvalue weighted by Gasteiger charge is -2.26. The van der Waals surface area contributed by atoms with Gasteiger partial charge < -0.3 is 24.8 Å². The van der Waals surface area contributed by atoms with Crippen LogP contribution in [0.2, 0.25) is 0 Å². The van der Waals surface area contributed by atoms with Crippen LogP contribution in [-0.4, -0.2) is 59.0 Å². The minimum atomic E-state index is -0.354. The zero-order valence-corrected chi connectivity index (χ0v) is 19.8. The van der Waals surface area contributed by atoms with Gasteiger partial charge >= 0.3 is 0 Å². The fourth-order valence-corrected chi connectivity index (χ4v) is 4.29. The summed E-state index contributed by atoms with van der Waals surface area (Å²) in [6.07, 6.45) is 0. The second-order valence-corrected chi connectivity index (χ2v) is 8.73. The van der Waals surface area contributed by atoms with Crippen LogP contribution in [0.25, 0.3) is 22.5 Å². The summed E-state index contributed by atoms with van der Waals surface area (Å²) in [5.74, 6) is -0.269. The largest absolute Gasteiger partial charge is 0.508 e. The van der Waals surface area contributed by atoms with Gasteiger partial charge in [0.05, 0.1) is 24.3 Å². The number of nitrogens with one attached hydrogen (secondary N) is 1. The van der Waals surface area contributed by atoms with Gasteiger partial charge in [-0.1, -0.05) is 43.3 Å². The molecule has 0 atom stereocenters. The van der Waals surface area contributed by atoms with Gasteiger partial charge in [-0.3, -0.25) is 9.69 Å². The Kier molecular flexibility index (Phi) is 7.19. The zero-order valence-electron chi connectivity index (χ0n) is 19.8. The molecule has 1 aliphatic heterocycles. The molecule has 2 heterocycles. The lowest BCUT2D eigenvalue weighted by molar-refractivity contribution is 0.0342. The van der Waals surface area contributed by atoms with Crippen LogP contribution in [-0.2, 0) is 11.3 Å². The van der Waals surface area contributed by atoms with E-state index in [1.807, 2.05) is 45.0 Å². The van der Waals surface area contributed by atoms with Gasteiger partial charge in [0.2, 0.25) is 0 Å². The minimum absolute atomic E-state index is 0.00808. The highest BCUT2D eigenvalue weighted by Crippen LogP contribution is 2.45. The number of benzene rings is 2. The molecule has 8 nitrogen and oxygen atoms in total. The number of nitrogens with zero attached hydrogens (tertiary/aromatic N) is 2. The molecule has 1 aliphatic rings. The first-order chi connectivity index (χ1) is 16.4. The van der Waals surface area contributed by atoms with Crippen molar-refractivity contribution in [1.82, 2.24) is 15.4 Å². The molecule has 0 bridgehead atoms. The maximum Gasteiger partial charge on any atom is 0.274 e. The SMILES string of the molecule is CCNC(=O)c1noc(-c2ccc(O)c(C(C)C)c2O)c1-c1ccc(CN2CCOCC2)cc1. The van der Waals surface area contributed by atoms with Crippen molar-refractivity contribution in [3.8, 4) is 33.9 Å². The standard InChI is InChI=1S/C26H31N3O5/c1-4-27-26(32)23-22(18-7-5-17(6-8-18)15-29-11-13-33-14-12-29)25(34-28-23)19-9-10-20(30)21(16(2)3)24(19)31/h5-10,16,30-31H,4,11-15H2,1-3H3,(H,27,32). The molecule has 1 saturated heterocycles. The molecule has 0 saturated carbocycles. The molecule has 34 heavy (non-hydrogen) atoms. The first-order valence-electron chi connectivity index (χ1n) is 11.6. The molecule has 4 rings (SSSR count). The maximum absolute atomic E-state index is 12.8. The highest BCUT2D eigenvalue weighted by molar-refractivity contribution is 6.02. The van der Waals surface area contributed by atoms with E-state index in [9.17, 15) is 15.0 Å². The normalized spacial score (nSPS) is 14.5. The Labute approximate surface area is 199 Å². The van der Waals surface area contributed by atoms with E-state index in [1.54, 1.807) is 6.07 Å². The van der Waals surface area contributed by atoms with E-state index in [0.29, 0.717) is 23.2 Å². The number of carbonyl (C=O) groups excluding carboxylic acids is 1. The van der Waals surface area contributed by atoms with Gasteiger partial charge in [0.1, 0.15) is 11.5 Å². The summed E-state index contributed by atoms with van der Waals surface area (Å²) in [5, 5.41) is 28.1. The highest BCUT2D eigenvalue weighted by Gasteiger charge is 2.27. The first kappa shape index (κ1) is 23.8. The molecule has 8 heteroatoms. The number of hydrogen-bond donors (Lipinski definition) is 3. The number of aromatic hydroxyl groups is 2. The first-order valence-corrected chi connectivity index (χ1v) is 11.6. The second kappa shape index (κ2) is 10.3. The van der Waals surface area contributed by atoms with Crippen LogP contribution in [0.1, 0.15) is 48.3 Å². The molecule has 3 aromatic rings. The number of amides is 1. The summed E-state index contributed by atoms with van der Waals surface area (Å²) >= 11 is 0. The van der Waals surface area contributed by atoms with Gasteiger partial charge in [-0.2, -0.15) is 0 Å². The second-order valence-electron chi connectivity index (χ2n) is 8.73. The smallest absolute Gasteiger partial charge is 0.274 e. The molecule has 0 radical (unpaired) electrons. The molecule has 180 valence electrons. The fraction of sp³-hybridized carbons (Fsp3) is 0.385. The van der Waals surface area contributed by atoms with Crippen molar-refractivity contribution < 1.29 is 24.3 Å². The summed E-state index contributed by atoms with van der Waals surface area (Å²) in [6.45, 7) is 10.1. The van der Waals surface area contributed by atoms with Gasteiger partial charge in [0.15, 0.2) is 11.5 Å². The Morgan fingerprint density at radius 1 is 1.12 bits per heavy atom. The summed E-state index contributed by atoms with van der Waals surface area (Å²) in [6, 6.07) is 11.0. The summed E-state index contributed by atoms with van der Waals surface area (Å²) in [5.41, 5.74) is 3.34. The van der Waals surface area contributed by atoms with Gasteiger partial charge in [-0.25, -0.2) is 0 Å². The number of ether oxygens (including phenoxy) is 1. The van der Waals surface area contributed by atoms with Crippen LogP contribution in [0.15, 0.2) is 40.9 Å². The molecular formula is C26H31N3O5.